The Morgan fingerprint density at radius 1 is 0.658 bits per heavy atom. The standard InChI is InChI=1S/C26H21Cl2N3O5S2/c1-17-21(9-5-11-23(17)30-37(33,34)19-7-3-2-4-8-19)26(32)29-18-13-15-20(16-14-18)38(35,36)31-24-12-6-10-22(27)25(24)28/h2-16,30-31H,1H3,(H,29,32). The van der Waals surface area contributed by atoms with Crippen LogP contribution < -0.4 is 14.8 Å². The molecule has 0 saturated carbocycles. The normalized spacial score (nSPS) is 11.6. The van der Waals surface area contributed by atoms with Crippen LogP contribution in [0.1, 0.15) is 15.9 Å². The number of amides is 1. The molecule has 0 radical (unpaired) electrons. The summed E-state index contributed by atoms with van der Waals surface area (Å²) in [6.45, 7) is 1.63. The van der Waals surface area contributed by atoms with Gasteiger partial charge in [0.2, 0.25) is 0 Å². The molecule has 0 atom stereocenters. The van der Waals surface area contributed by atoms with Gasteiger partial charge in [-0.15, -0.1) is 0 Å². The SMILES string of the molecule is Cc1c(NS(=O)(=O)c2ccccc2)cccc1C(=O)Nc1ccc(S(=O)(=O)Nc2cccc(Cl)c2Cl)cc1. The maximum atomic E-state index is 13.0. The summed E-state index contributed by atoms with van der Waals surface area (Å²) in [5.74, 6) is -0.497. The summed E-state index contributed by atoms with van der Waals surface area (Å²) >= 11 is 12.0. The summed E-state index contributed by atoms with van der Waals surface area (Å²) in [4.78, 5) is 13.0. The highest BCUT2D eigenvalue weighted by molar-refractivity contribution is 7.93. The zero-order chi connectivity index (χ0) is 27.5. The first kappa shape index (κ1) is 27.5. The fraction of sp³-hybridized carbons (Fsp3) is 0.0385. The summed E-state index contributed by atoms with van der Waals surface area (Å²) in [7, 11) is -7.82. The second-order valence-corrected chi connectivity index (χ2v) is 12.2. The molecule has 0 bridgehead atoms. The van der Waals surface area contributed by atoms with E-state index in [0.29, 0.717) is 11.3 Å². The zero-order valence-electron chi connectivity index (χ0n) is 19.8. The quantitative estimate of drug-likeness (QED) is 0.227. The third-order valence-corrected chi connectivity index (χ3v) is 9.08. The molecule has 0 heterocycles. The van der Waals surface area contributed by atoms with Gasteiger partial charge in [0.25, 0.3) is 26.0 Å². The topological polar surface area (TPSA) is 121 Å². The van der Waals surface area contributed by atoms with Crippen molar-refractivity contribution in [3.05, 3.63) is 112 Å². The zero-order valence-corrected chi connectivity index (χ0v) is 22.9. The van der Waals surface area contributed by atoms with Crippen molar-refractivity contribution in [3.8, 4) is 0 Å². The molecule has 8 nitrogen and oxygen atoms in total. The van der Waals surface area contributed by atoms with Gasteiger partial charge in [-0.2, -0.15) is 0 Å². The molecule has 38 heavy (non-hydrogen) atoms. The molecule has 196 valence electrons. The minimum absolute atomic E-state index is 0.0555. The molecule has 0 unspecified atom stereocenters. The van der Waals surface area contributed by atoms with Gasteiger partial charge in [-0.1, -0.05) is 53.5 Å². The van der Waals surface area contributed by atoms with E-state index in [1.165, 1.54) is 48.5 Å². The van der Waals surface area contributed by atoms with Crippen LogP contribution in [0.15, 0.2) is 101 Å². The third kappa shape index (κ3) is 6.11. The molecule has 0 aliphatic rings. The van der Waals surface area contributed by atoms with Crippen LogP contribution in [0.25, 0.3) is 0 Å². The van der Waals surface area contributed by atoms with Gasteiger partial charge in [0.1, 0.15) is 0 Å². The second kappa shape index (κ2) is 11.0. The van der Waals surface area contributed by atoms with Gasteiger partial charge in [-0.3, -0.25) is 14.2 Å². The Hall–Kier alpha value is -3.57. The van der Waals surface area contributed by atoms with Gasteiger partial charge in [0, 0.05) is 11.3 Å². The monoisotopic (exact) mass is 589 g/mol. The number of anilines is 3. The van der Waals surface area contributed by atoms with Crippen LogP contribution in [0.2, 0.25) is 10.0 Å². The van der Waals surface area contributed by atoms with Crippen LogP contribution >= 0.6 is 23.2 Å². The van der Waals surface area contributed by atoms with Crippen molar-refractivity contribution in [2.45, 2.75) is 16.7 Å². The van der Waals surface area contributed by atoms with Crippen LogP contribution in [0, 0.1) is 6.92 Å². The molecular formula is C26H21Cl2N3O5S2. The maximum absolute atomic E-state index is 13.0. The highest BCUT2D eigenvalue weighted by atomic mass is 35.5. The molecule has 0 fully saturated rings. The van der Waals surface area contributed by atoms with E-state index in [0.717, 1.165) is 0 Å². The lowest BCUT2D eigenvalue weighted by Crippen LogP contribution is -2.17. The highest BCUT2D eigenvalue weighted by Gasteiger charge is 2.19. The number of benzene rings is 4. The van der Waals surface area contributed by atoms with Crippen molar-refractivity contribution in [2.75, 3.05) is 14.8 Å². The van der Waals surface area contributed by atoms with Gasteiger partial charge in [0.15, 0.2) is 0 Å². The van der Waals surface area contributed by atoms with Crippen LogP contribution in [-0.4, -0.2) is 22.7 Å². The predicted molar refractivity (Wildman–Crippen MR) is 150 cm³/mol. The van der Waals surface area contributed by atoms with E-state index in [4.69, 9.17) is 23.2 Å². The second-order valence-electron chi connectivity index (χ2n) is 8.08. The van der Waals surface area contributed by atoms with E-state index in [-0.39, 0.29) is 36.8 Å². The van der Waals surface area contributed by atoms with Gasteiger partial charge in [-0.25, -0.2) is 16.8 Å². The van der Waals surface area contributed by atoms with Crippen molar-refractivity contribution in [3.63, 3.8) is 0 Å². The van der Waals surface area contributed by atoms with E-state index in [1.54, 1.807) is 49.4 Å². The summed E-state index contributed by atoms with van der Waals surface area (Å²) < 4.78 is 55.8. The van der Waals surface area contributed by atoms with E-state index < -0.39 is 26.0 Å². The lowest BCUT2D eigenvalue weighted by atomic mass is 10.1. The molecule has 0 aliphatic heterocycles. The Labute approximate surface area is 230 Å². The molecule has 12 heteroatoms. The summed E-state index contributed by atoms with van der Waals surface area (Å²) in [5, 5.41) is 2.98. The van der Waals surface area contributed by atoms with Crippen molar-refractivity contribution in [1.82, 2.24) is 0 Å². The number of nitrogens with one attached hydrogen (secondary N) is 3. The van der Waals surface area contributed by atoms with Crippen molar-refractivity contribution in [1.29, 1.82) is 0 Å². The largest absolute Gasteiger partial charge is 0.322 e. The fourth-order valence-electron chi connectivity index (χ4n) is 3.50. The Morgan fingerprint density at radius 2 is 1.21 bits per heavy atom. The molecule has 4 rings (SSSR count). The molecule has 4 aromatic carbocycles. The van der Waals surface area contributed by atoms with Crippen molar-refractivity contribution >= 4 is 66.2 Å². The third-order valence-electron chi connectivity index (χ3n) is 5.49. The van der Waals surface area contributed by atoms with Gasteiger partial charge >= 0.3 is 0 Å². The summed E-state index contributed by atoms with van der Waals surface area (Å²) in [6.07, 6.45) is 0. The average molecular weight is 591 g/mol. The molecule has 3 N–H and O–H groups in total. The Bertz CT molecular complexity index is 1710. The number of rotatable bonds is 8. The summed E-state index contributed by atoms with van der Waals surface area (Å²) in [6, 6.07) is 22.7. The molecule has 0 spiro atoms. The minimum atomic E-state index is -3.97. The minimum Gasteiger partial charge on any atom is -0.322 e. The van der Waals surface area contributed by atoms with Crippen molar-refractivity contribution in [2.24, 2.45) is 0 Å². The van der Waals surface area contributed by atoms with Gasteiger partial charge < -0.3 is 5.32 Å². The molecular weight excluding hydrogens is 569 g/mol. The number of hydrogen-bond donors (Lipinski definition) is 3. The molecule has 0 aliphatic carbocycles. The van der Waals surface area contributed by atoms with Gasteiger partial charge in [0.05, 0.1) is 31.2 Å². The van der Waals surface area contributed by atoms with E-state index >= 15 is 0 Å². The number of sulfonamides is 2. The molecule has 1 amide bonds. The van der Waals surface area contributed by atoms with E-state index in [1.807, 2.05) is 0 Å². The number of carbonyl (C=O) groups is 1. The molecule has 4 aromatic rings. The Kier molecular flexibility index (Phi) is 7.98. The predicted octanol–water partition coefficient (Wildman–Crippen LogP) is 6.16. The molecule has 0 saturated heterocycles. The Morgan fingerprint density at radius 3 is 1.87 bits per heavy atom. The van der Waals surface area contributed by atoms with Crippen LogP contribution in [-0.2, 0) is 20.0 Å². The smallest absolute Gasteiger partial charge is 0.261 e. The average Bonchev–Trinajstić information content (AvgIpc) is 2.88. The van der Waals surface area contributed by atoms with Crippen LogP contribution in [0.4, 0.5) is 17.1 Å². The highest BCUT2D eigenvalue weighted by Crippen LogP contribution is 2.31. The number of hydrogen-bond acceptors (Lipinski definition) is 5. The van der Waals surface area contributed by atoms with E-state index in [2.05, 4.69) is 14.8 Å². The van der Waals surface area contributed by atoms with Crippen LogP contribution in [0.5, 0.6) is 0 Å². The first-order valence-electron chi connectivity index (χ1n) is 11.0. The van der Waals surface area contributed by atoms with Gasteiger partial charge in [-0.05, 0) is 73.2 Å². The number of carbonyl (C=O) groups excluding carboxylic acids is 1. The fourth-order valence-corrected chi connectivity index (χ4v) is 6.12. The first-order valence-corrected chi connectivity index (χ1v) is 14.8. The van der Waals surface area contributed by atoms with E-state index in [9.17, 15) is 21.6 Å². The maximum Gasteiger partial charge on any atom is 0.261 e. The lowest BCUT2D eigenvalue weighted by molar-refractivity contribution is 0.102. The first-order chi connectivity index (χ1) is 18.0. The summed E-state index contributed by atoms with van der Waals surface area (Å²) in [5.41, 5.74) is 1.39. The lowest BCUT2D eigenvalue weighted by Gasteiger charge is -2.14. The molecule has 0 aromatic heterocycles. The van der Waals surface area contributed by atoms with Crippen molar-refractivity contribution < 1.29 is 21.6 Å². The number of halogens is 2. The van der Waals surface area contributed by atoms with Crippen LogP contribution in [0.3, 0.4) is 0 Å². The Balaban J connectivity index is 1.50.